The molecular weight excluding hydrogens is 268 g/mol. The maximum Gasteiger partial charge on any atom is 0.0589 e. The van der Waals surface area contributed by atoms with Crippen molar-refractivity contribution < 1.29 is 4.74 Å². The molecule has 1 aromatic rings. The van der Waals surface area contributed by atoms with Gasteiger partial charge in [-0.1, -0.05) is 20.8 Å². The van der Waals surface area contributed by atoms with E-state index in [-0.39, 0.29) is 0 Å². The molecule has 0 atom stereocenters. The monoisotopic (exact) mass is 298 g/mol. The third-order valence-electron chi connectivity index (χ3n) is 3.67. The summed E-state index contributed by atoms with van der Waals surface area (Å²) < 4.78 is 5.26. The minimum Gasteiger partial charge on any atom is -0.383 e. The molecule has 3 nitrogen and oxygen atoms in total. The van der Waals surface area contributed by atoms with Crippen molar-refractivity contribution in [2.45, 2.75) is 52.7 Å². The van der Waals surface area contributed by atoms with E-state index in [9.17, 15) is 0 Å². The van der Waals surface area contributed by atoms with Crippen LogP contribution in [0.25, 0.3) is 0 Å². The Morgan fingerprint density at radius 1 is 1.20 bits per heavy atom. The smallest absolute Gasteiger partial charge is 0.0589 e. The predicted molar refractivity (Wildman–Crippen MR) is 88.4 cm³/mol. The van der Waals surface area contributed by atoms with Crippen molar-refractivity contribution in [2.24, 2.45) is 0 Å². The Balaban J connectivity index is 2.60. The van der Waals surface area contributed by atoms with Crippen LogP contribution in [0.1, 0.15) is 43.4 Å². The van der Waals surface area contributed by atoms with Crippen LogP contribution in [-0.2, 0) is 17.8 Å². The predicted octanol–water partition coefficient (Wildman–Crippen LogP) is 3.49. The van der Waals surface area contributed by atoms with Gasteiger partial charge >= 0.3 is 0 Å². The van der Waals surface area contributed by atoms with E-state index in [1.807, 2.05) is 11.3 Å². The summed E-state index contributed by atoms with van der Waals surface area (Å²) in [5.41, 5.74) is 0. The van der Waals surface area contributed by atoms with E-state index in [0.717, 1.165) is 32.8 Å². The van der Waals surface area contributed by atoms with Gasteiger partial charge in [-0.2, -0.15) is 0 Å². The summed E-state index contributed by atoms with van der Waals surface area (Å²) in [5.74, 6) is 0. The first-order valence-electron chi connectivity index (χ1n) is 7.76. The van der Waals surface area contributed by atoms with Gasteiger partial charge in [-0.25, -0.2) is 0 Å². The normalized spacial score (nSPS) is 11.7. The van der Waals surface area contributed by atoms with E-state index in [1.54, 1.807) is 7.11 Å². The number of ether oxygens (including phenoxy) is 1. The summed E-state index contributed by atoms with van der Waals surface area (Å²) in [6, 6.07) is 5.19. The molecular formula is C16H30N2OS. The van der Waals surface area contributed by atoms with Gasteiger partial charge in [0, 0.05) is 42.5 Å². The first-order valence-corrected chi connectivity index (χ1v) is 8.58. The van der Waals surface area contributed by atoms with Crippen molar-refractivity contribution in [3.63, 3.8) is 0 Å². The van der Waals surface area contributed by atoms with Gasteiger partial charge in [0.1, 0.15) is 0 Å². The Hall–Kier alpha value is -0.420. The number of hydrogen-bond donors (Lipinski definition) is 1. The molecule has 1 heterocycles. The molecule has 0 saturated heterocycles. The average Bonchev–Trinajstić information content (AvgIpc) is 2.91. The summed E-state index contributed by atoms with van der Waals surface area (Å²) in [4.78, 5) is 5.45. The number of hydrogen-bond acceptors (Lipinski definition) is 4. The number of methoxy groups -OCH3 is 1. The molecule has 1 rings (SSSR count). The number of nitrogens with zero attached hydrogens (tertiary/aromatic N) is 1. The Labute approximate surface area is 128 Å². The lowest BCUT2D eigenvalue weighted by atomic mass is 10.1. The molecule has 116 valence electrons. The zero-order valence-electron chi connectivity index (χ0n) is 13.4. The van der Waals surface area contributed by atoms with Crippen molar-refractivity contribution in [1.29, 1.82) is 0 Å². The standard InChI is InChI=1S/C16H30N2OS/c1-5-14(6-2)18(10-11-19-4)13-16-9-8-15(20-16)12-17-7-3/h8-9,14,17H,5-7,10-13H2,1-4H3. The second-order valence-electron chi connectivity index (χ2n) is 5.08. The lowest BCUT2D eigenvalue weighted by Gasteiger charge is -2.29. The molecule has 0 aromatic carbocycles. The fraction of sp³-hybridized carbons (Fsp3) is 0.750. The largest absolute Gasteiger partial charge is 0.383 e. The Kier molecular flexibility index (Phi) is 9.10. The maximum absolute atomic E-state index is 5.26. The summed E-state index contributed by atoms with van der Waals surface area (Å²) in [5, 5.41) is 3.39. The molecule has 0 bridgehead atoms. The molecule has 0 radical (unpaired) electrons. The molecule has 4 heteroatoms. The summed E-state index contributed by atoms with van der Waals surface area (Å²) in [6.07, 6.45) is 2.41. The molecule has 20 heavy (non-hydrogen) atoms. The van der Waals surface area contributed by atoms with Gasteiger partial charge in [0.15, 0.2) is 0 Å². The first kappa shape index (κ1) is 17.6. The molecule has 0 aliphatic rings. The second-order valence-corrected chi connectivity index (χ2v) is 6.33. The van der Waals surface area contributed by atoms with Gasteiger partial charge < -0.3 is 10.1 Å². The average molecular weight is 298 g/mol. The van der Waals surface area contributed by atoms with Gasteiger partial charge in [0.05, 0.1) is 6.61 Å². The quantitative estimate of drug-likeness (QED) is 0.677. The number of nitrogens with one attached hydrogen (secondary N) is 1. The Bertz CT molecular complexity index is 350. The summed E-state index contributed by atoms with van der Waals surface area (Å²) in [7, 11) is 1.78. The Morgan fingerprint density at radius 3 is 2.50 bits per heavy atom. The highest BCUT2D eigenvalue weighted by Crippen LogP contribution is 2.20. The van der Waals surface area contributed by atoms with E-state index in [0.29, 0.717) is 6.04 Å². The van der Waals surface area contributed by atoms with Crippen molar-refractivity contribution in [2.75, 3.05) is 26.8 Å². The van der Waals surface area contributed by atoms with Crippen LogP contribution in [0.15, 0.2) is 12.1 Å². The van der Waals surface area contributed by atoms with E-state index < -0.39 is 0 Å². The van der Waals surface area contributed by atoms with Crippen LogP contribution in [0.4, 0.5) is 0 Å². The van der Waals surface area contributed by atoms with Gasteiger partial charge in [0.2, 0.25) is 0 Å². The third kappa shape index (κ3) is 5.92. The highest BCUT2D eigenvalue weighted by Gasteiger charge is 2.16. The summed E-state index contributed by atoms with van der Waals surface area (Å²) in [6.45, 7) is 11.6. The second kappa shape index (κ2) is 10.3. The van der Waals surface area contributed by atoms with Crippen molar-refractivity contribution in [3.05, 3.63) is 21.9 Å². The van der Waals surface area contributed by atoms with Crippen LogP contribution in [-0.4, -0.2) is 37.7 Å². The van der Waals surface area contributed by atoms with Crippen LogP contribution >= 0.6 is 11.3 Å². The third-order valence-corrected chi connectivity index (χ3v) is 4.74. The molecule has 0 fully saturated rings. The lowest BCUT2D eigenvalue weighted by molar-refractivity contribution is 0.111. The fourth-order valence-corrected chi connectivity index (χ4v) is 3.47. The van der Waals surface area contributed by atoms with E-state index in [1.165, 1.54) is 22.6 Å². The fourth-order valence-electron chi connectivity index (χ4n) is 2.46. The molecule has 0 unspecified atom stereocenters. The zero-order chi connectivity index (χ0) is 14.8. The molecule has 0 spiro atoms. The molecule has 0 aliphatic carbocycles. The molecule has 0 amide bonds. The first-order chi connectivity index (χ1) is 9.74. The van der Waals surface area contributed by atoms with Crippen molar-refractivity contribution in [1.82, 2.24) is 10.2 Å². The maximum atomic E-state index is 5.26. The van der Waals surface area contributed by atoms with Crippen LogP contribution in [0, 0.1) is 0 Å². The highest BCUT2D eigenvalue weighted by molar-refractivity contribution is 7.11. The Morgan fingerprint density at radius 2 is 1.90 bits per heavy atom. The summed E-state index contributed by atoms with van der Waals surface area (Å²) >= 11 is 1.93. The van der Waals surface area contributed by atoms with Gasteiger partial charge in [0.25, 0.3) is 0 Å². The van der Waals surface area contributed by atoms with Crippen LogP contribution in [0.3, 0.4) is 0 Å². The SMILES string of the molecule is CCNCc1ccc(CN(CCOC)C(CC)CC)s1. The van der Waals surface area contributed by atoms with Gasteiger partial charge in [-0.15, -0.1) is 11.3 Å². The van der Waals surface area contributed by atoms with Crippen LogP contribution in [0.5, 0.6) is 0 Å². The van der Waals surface area contributed by atoms with Crippen LogP contribution < -0.4 is 5.32 Å². The molecule has 0 aliphatic heterocycles. The van der Waals surface area contributed by atoms with Gasteiger partial charge in [-0.05, 0) is 31.5 Å². The molecule has 0 saturated carbocycles. The van der Waals surface area contributed by atoms with Crippen molar-refractivity contribution >= 4 is 11.3 Å². The molecule has 1 N–H and O–H groups in total. The van der Waals surface area contributed by atoms with Crippen molar-refractivity contribution in [3.8, 4) is 0 Å². The molecule has 1 aromatic heterocycles. The van der Waals surface area contributed by atoms with Crippen LogP contribution in [0.2, 0.25) is 0 Å². The minimum absolute atomic E-state index is 0.657. The minimum atomic E-state index is 0.657. The number of thiophene rings is 1. The highest BCUT2D eigenvalue weighted by atomic mass is 32.1. The van der Waals surface area contributed by atoms with Gasteiger partial charge in [-0.3, -0.25) is 4.90 Å². The zero-order valence-corrected chi connectivity index (χ0v) is 14.3. The number of rotatable bonds is 11. The van der Waals surface area contributed by atoms with E-state index >= 15 is 0 Å². The lowest BCUT2D eigenvalue weighted by Crippen LogP contribution is -2.36. The van der Waals surface area contributed by atoms with E-state index in [4.69, 9.17) is 4.74 Å². The topological polar surface area (TPSA) is 24.5 Å². The van der Waals surface area contributed by atoms with E-state index in [2.05, 4.69) is 43.1 Å².